The maximum Gasteiger partial charge on any atom is 0.339 e. The molecule has 0 aliphatic carbocycles. The Labute approximate surface area is 123 Å². The second-order valence-electron chi connectivity index (χ2n) is 4.22. The number of carboxylic acids is 1. The molecule has 2 aromatic rings. The maximum atomic E-state index is 11.3. The van der Waals surface area contributed by atoms with Gasteiger partial charge in [0.05, 0.1) is 6.54 Å². The van der Waals surface area contributed by atoms with Gasteiger partial charge in [-0.2, -0.15) is 0 Å². The molecule has 0 bridgehead atoms. The fourth-order valence-corrected chi connectivity index (χ4v) is 3.35. The van der Waals surface area contributed by atoms with Gasteiger partial charge in [0.25, 0.3) is 0 Å². The van der Waals surface area contributed by atoms with Crippen molar-refractivity contribution in [2.45, 2.75) is 13.5 Å². The normalized spacial score (nSPS) is 10.5. The van der Waals surface area contributed by atoms with Crippen LogP contribution in [0.5, 0.6) is 0 Å². The van der Waals surface area contributed by atoms with Gasteiger partial charge in [0, 0.05) is 28.0 Å². The van der Waals surface area contributed by atoms with Gasteiger partial charge in [-0.05, 0) is 40.5 Å². The average molecular weight is 341 g/mol. The first-order valence-corrected chi connectivity index (χ1v) is 7.29. The van der Waals surface area contributed by atoms with Crippen molar-refractivity contribution in [1.29, 1.82) is 0 Å². The molecule has 0 aromatic carbocycles. The topological polar surface area (TPSA) is 53.4 Å². The van der Waals surface area contributed by atoms with E-state index >= 15 is 0 Å². The summed E-state index contributed by atoms with van der Waals surface area (Å²) < 4.78 is 1.04. The molecule has 4 nitrogen and oxygen atoms in total. The third-order valence-corrected chi connectivity index (χ3v) is 4.41. The maximum absolute atomic E-state index is 11.3. The molecule has 0 saturated heterocycles. The highest BCUT2D eigenvalue weighted by Gasteiger charge is 2.18. The van der Waals surface area contributed by atoms with E-state index in [9.17, 15) is 9.90 Å². The van der Waals surface area contributed by atoms with E-state index in [1.54, 1.807) is 30.5 Å². The Bertz CT molecular complexity index is 612. The van der Waals surface area contributed by atoms with Gasteiger partial charge in [-0.15, -0.1) is 11.3 Å². The largest absolute Gasteiger partial charge is 0.478 e. The molecular weight excluding hydrogens is 328 g/mol. The lowest BCUT2D eigenvalue weighted by atomic mass is 10.1. The zero-order valence-electron chi connectivity index (χ0n) is 10.6. The molecule has 1 N–H and O–H groups in total. The summed E-state index contributed by atoms with van der Waals surface area (Å²) in [6, 6.07) is 3.74. The number of halogens is 1. The number of nitrogens with zero attached hydrogens (tertiary/aromatic N) is 2. The fourth-order valence-electron chi connectivity index (χ4n) is 1.84. The van der Waals surface area contributed by atoms with E-state index in [0.29, 0.717) is 12.4 Å². The van der Waals surface area contributed by atoms with Crippen LogP contribution in [0.1, 0.15) is 20.8 Å². The predicted octanol–water partition coefficient (Wildman–Crippen LogP) is 3.55. The van der Waals surface area contributed by atoms with Gasteiger partial charge in [0.2, 0.25) is 0 Å². The van der Waals surface area contributed by atoms with Crippen LogP contribution in [0.4, 0.5) is 5.82 Å². The molecule has 0 fully saturated rings. The van der Waals surface area contributed by atoms with Crippen LogP contribution in [0.2, 0.25) is 0 Å². The van der Waals surface area contributed by atoms with Crippen LogP contribution in [0.25, 0.3) is 0 Å². The van der Waals surface area contributed by atoms with Crippen molar-refractivity contribution >= 4 is 39.1 Å². The fraction of sp³-hybridized carbons (Fsp3) is 0.231. The molecule has 2 rings (SSSR count). The van der Waals surface area contributed by atoms with Crippen LogP contribution < -0.4 is 4.90 Å². The number of aryl methyl sites for hydroxylation is 1. The highest BCUT2D eigenvalue weighted by Crippen LogP contribution is 2.25. The number of thiophene rings is 1. The molecule has 0 atom stereocenters. The highest BCUT2D eigenvalue weighted by molar-refractivity contribution is 9.10. The quantitative estimate of drug-likeness (QED) is 0.924. The van der Waals surface area contributed by atoms with Crippen molar-refractivity contribution < 1.29 is 9.90 Å². The SMILES string of the molecule is Cc1ccnc(N(C)Cc2cc(Br)cs2)c1C(=O)O. The highest BCUT2D eigenvalue weighted by atomic mass is 79.9. The van der Waals surface area contributed by atoms with Gasteiger partial charge in [0.15, 0.2) is 0 Å². The van der Waals surface area contributed by atoms with Crippen LogP contribution in [0.15, 0.2) is 28.2 Å². The summed E-state index contributed by atoms with van der Waals surface area (Å²) in [6.07, 6.45) is 1.64. The molecule has 0 radical (unpaired) electrons. The molecule has 2 aromatic heterocycles. The third-order valence-electron chi connectivity index (χ3n) is 2.73. The van der Waals surface area contributed by atoms with Crippen LogP contribution in [0.3, 0.4) is 0 Å². The van der Waals surface area contributed by atoms with Gasteiger partial charge in [-0.25, -0.2) is 9.78 Å². The number of aromatic carboxylic acids is 1. The third kappa shape index (κ3) is 3.13. The zero-order valence-corrected chi connectivity index (χ0v) is 13.0. The Kier molecular flexibility index (Phi) is 4.21. The van der Waals surface area contributed by atoms with Gasteiger partial charge in [-0.1, -0.05) is 0 Å². The smallest absolute Gasteiger partial charge is 0.339 e. The number of carbonyl (C=O) groups is 1. The number of hydrogen-bond donors (Lipinski definition) is 1. The molecule has 0 unspecified atom stereocenters. The summed E-state index contributed by atoms with van der Waals surface area (Å²) in [4.78, 5) is 18.5. The number of aromatic nitrogens is 1. The van der Waals surface area contributed by atoms with Crippen LogP contribution in [-0.4, -0.2) is 23.1 Å². The van der Waals surface area contributed by atoms with Crippen LogP contribution in [0, 0.1) is 6.92 Å². The first-order chi connectivity index (χ1) is 8.99. The molecule has 0 aliphatic heterocycles. The van der Waals surface area contributed by atoms with Crippen molar-refractivity contribution in [1.82, 2.24) is 4.98 Å². The summed E-state index contributed by atoms with van der Waals surface area (Å²) in [5.74, 6) is -0.447. The molecule has 19 heavy (non-hydrogen) atoms. The monoisotopic (exact) mass is 340 g/mol. The summed E-state index contributed by atoms with van der Waals surface area (Å²) in [5.41, 5.74) is 0.984. The minimum absolute atomic E-state index is 0.264. The molecule has 100 valence electrons. The lowest BCUT2D eigenvalue weighted by Gasteiger charge is -2.20. The summed E-state index contributed by atoms with van der Waals surface area (Å²) in [7, 11) is 1.85. The van der Waals surface area contributed by atoms with E-state index in [0.717, 1.165) is 14.9 Å². The number of rotatable bonds is 4. The zero-order chi connectivity index (χ0) is 14.0. The lowest BCUT2D eigenvalue weighted by molar-refractivity contribution is 0.0696. The summed E-state index contributed by atoms with van der Waals surface area (Å²) in [6.45, 7) is 2.41. The number of hydrogen-bond acceptors (Lipinski definition) is 4. The second-order valence-corrected chi connectivity index (χ2v) is 6.13. The Morgan fingerprint density at radius 3 is 2.89 bits per heavy atom. The van der Waals surface area contributed by atoms with E-state index in [1.165, 1.54) is 0 Å². The molecule has 6 heteroatoms. The van der Waals surface area contributed by atoms with Crippen molar-refractivity contribution in [2.24, 2.45) is 0 Å². The lowest BCUT2D eigenvalue weighted by Crippen LogP contribution is -2.21. The molecule has 0 aliphatic rings. The van der Waals surface area contributed by atoms with Crippen molar-refractivity contribution in [3.8, 4) is 0 Å². The van der Waals surface area contributed by atoms with E-state index in [2.05, 4.69) is 20.9 Å². The average Bonchev–Trinajstić information content (AvgIpc) is 2.73. The Morgan fingerprint density at radius 1 is 1.58 bits per heavy atom. The van der Waals surface area contributed by atoms with Gasteiger partial charge >= 0.3 is 5.97 Å². The van der Waals surface area contributed by atoms with E-state index in [-0.39, 0.29) is 5.56 Å². The predicted molar refractivity (Wildman–Crippen MR) is 80.1 cm³/mol. The van der Waals surface area contributed by atoms with Gasteiger partial charge in [0.1, 0.15) is 11.4 Å². The van der Waals surface area contributed by atoms with E-state index < -0.39 is 5.97 Å². The summed E-state index contributed by atoms with van der Waals surface area (Å²) in [5, 5.41) is 11.3. The minimum Gasteiger partial charge on any atom is -0.478 e. The molecule has 0 spiro atoms. The standard InChI is InChI=1S/C13H13BrN2O2S/c1-8-3-4-15-12(11(8)13(17)18)16(2)6-10-5-9(14)7-19-10/h3-5,7H,6H2,1-2H3,(H,17,18). The van der Waals surface area contributed by atoms with E-state index in [4.69, 9.17) is 0 Å². The van der Waals surface area contributed by atoms with Crippen molar-refractivity contribution in [2.75, 3.05) is 11.9 Å². The Hall–Kier alpha value is -1.40. The second kappa shape index (κ2) is 5.71. The summed E-state index contributed by atoms with van der Waals surface area (Å²) >= 11 is 5.04. The van der Waals surface area contributed by atoms with Crippen molar-refractivity contribution in [3.63, 3.8) is 0 Å². The molecule has 0 amide bonds. The van der Waals surface area contributed by atoms with Crippen LogP contribution >= 0.6 is 27.3 Å². The number of pyridine rings is 1. The molecule has 2 heterocycles. The minimum atomic E-state index is -0.945. The first kappa shape index (κ1) is 14.0. The van der Waals surface area contributed by atoms with Gasteiger partial charge < -0.3 is 10.0 Å². The molecular formula is C13H13BrN2O2S. The van der Waals surface area contributed by atoms with Crippen LogP contribution in [-0.2, 0) is 6.54 Å². The Morgan fingerprint density at radius 2 is 2.32 bits per heavy atom. The number of anilines is 1. The number of carboxylic acid groups (broad SMARTS) is 1. The first-order valence-electron chi connectivity index (χ1n) is 5.62. The van der Waals surface area contributed by atoms with E-state index in [1.807, 2.05) is 23.4 Å². The van der Waals surface area contributed by atoms with Crippen molar-refractivity contribution in [3.05, 3.63) is 44.2 Å². The Balaban J connectivity index is 2.31. The molecule has 0 saturated carbocycles. The van der Waals surface area contributed by atoms with Gasteiger partial charge in [-0.3, -0.25) is 0 Å².